The lowest BCUT2D eigenvalue weighted by Crippen LogP contribution is -2.34. The molecule has 0 atom stereocenters. The van der Waals surface area contributed by atoms with E-state index in [9.17, 15) is 8.42 Å². The summed E-state index contributed by atoms with van der Waals surface area (Å²) in [6.07, 6.45) is 8.73. The third kappa shape index (κ3) is 5.85. The second kappa shape index (κ2) is 6.01. The molecule has 16 heavy (non-hydrogen) atoms. The Morgan fingerprint density at radius 1 is 1.19 bits per heavy atom. The highest BCUT2D eigenvalue weighted by molar-refractivity contribution is 7.90. The zero-order chi connectivity index (χ0) is 12.1. The van der Waals surface area contributed by atoms with Crippen LogP contribution in [0.5, 0.6) is 0 Å². The second-order valence-electron chi connectivity index (χ2n) is 5.53. The van der Waals surface area contributed by atoms with Gasteiger partial charge < -0.3 is 5.32 Å². The maximum Gasteiger partial charge on any atom is 0.147 e. The Labute approximate surface area is 99.9 Å². The van der Waals surface area contributed by atoms with Gasteiger partial charge in [0, 0.05) is 12.8 Å². The molecule has 0 spiro atoms. The summed E-state index contributed by atoms with van der Waals surface area (Å²) < 4.78 is 21.9. The highest BCUT2D eigenvalue weighted by Crippen LogP contribution is 2.34. The molecule has 0 saturated heterocycles. The van der Waals surface area contributed by atoms with Gasteiger partial charge in [-0.25, -0.2) is 8.42 Å². The van der Waals surface area contributed by atoms with E-state index >= 15 is 0 Å². The molecule has 96 valence electrons. The molecule has 1 rings (SSSR count). The summed E-state index contributed by atoms with van der Waals surface area (Å²) in [4.78, 5) is 0. The van der Waals surface area contributed by atoms with Crippen molar-refractivity contribution in [1.82, 2.24) is 5.32 Å². The molecule has 3 nitrogen and oxygen atoms in total. The van der Waals surface area contributed by atoms with E-state index in [2.05, 4.69) is 12.2 Å². The first-order valence-corrected chi connectivity index (χ1v) is 8.36. The molecule has 1 N–H and O–H groups in total. The summed E-state index contributed by atoms with van der Waals surface area (Å²) in [5, 5.41) is 3.40. The van der Waals surface area contributed by atoms with Crippen molar-refractivity contribution in [3.63, 3.8) is 0 Å². The molecule has 1 fully saturated rings. The van der Waals surface area contributed by atoms with Crippen molar-refractivity contribution in [2.75, 3.05) is 25.1 Å². The van der Waals surface area contributed by atoms with Gasteiger partial charge >= 0.3 is 0 Å². The van der Waals surface area contributed by atoms with Crippen LogP contribution in [0.4, 0.5) is 0 Å². The van der Waals surface area contributed by atoms with E-state index in [-0.39, 0.29) is 0 Å². The summed E-state index contributed by atoms with van der Waals surface area (Å²) >= 11 is 0. The molecule has 4 heteroatoms. The average Bonchev–Trinajstić information content (AvgIpc) is 2.16. The summed E-state index contributed by atoms with van der Waals surface area (Å²) in [7, 11) is -2.78. The van der Waals surface area contributed by atoms with E-state index in [0.29, 0.717) is 11.2 Å². The van der Waals surface area contributed by atoms with Crippen molar-refractivity contribution >= 4 is 9.84 Å². The minimum atomic E-state index is -2.78. The molecule has 0 aromatic carbocycles. The van der Waals surface area contributed by atoms with E-state index in [1.54, 1.807) is 0 Å². The molecule has 0 aliphatic heterocycles. The first-order valence-electron chi connectivity index (χ1n) is 6.30. The van der Waals surface area contributed by atoms with E-state index in [1.807, 2.05) is 0 Å². The molecule has 1 aliphatic rings. The zero-order valence-electron chi connectivity index (χ0n) is 10.6. The van der Waals surface area contributed by atoms with Gasteiger partial charge in [0.1, 0.15) is 9.84 Å². The predicted octanol–water partition coefficient (Wildman–Crippen LogP) is 1.98. The van der Waals surface area contributed by atoms with Gasteiger partial charge in [-0.05, 0) is 31.2 Å². The van der Waals surface area contributed by atoms with Crippen molar-refractivity contribution in [3.05, 3.63) is 0 Å². The van der Waals surface area contributed by atoms with Crippen molar-refractivity contribution < 1.29 is 8.42 Å². The average molecular weight is 247 g/mol. The number of hydrogen-bond acceptors (Lipinski definition) is 3. The monoisotopic (exact) mass is 247 g/mol. The fourth-order valence-corrected chi connectivity index (χ4v) is 3.10. The Hall–Kier alpha value is -0.0900. The number of sulfone groups is 1. The minimum absolute atomic E-state index is 0.302. The van der Waals surface area contributed by atoms with E-state index < -0.39 is 9.84 Å². The third-order valence-electron chi connectivity index (χ3n) is 3.48. The van der Waals surface area contributed by atoms with Crippen LogP contribution in [-0.4, -0.2) is 33.5 Å². The maximum absolute atomic E-state index is 10.9. The van der Waals surface area contributed by atoms with Crippen molar-refractivity contribution in [2.45, 2.75) is 45.4 Å². The zero-order valence-corrected chi connectivity index (χ0v) is 11.4. The molecule has 0 radical (unpaired) electrons. The highest BCUT2D eigenvalue weighted by atomic mass is 32.2. The summed E-state index contributed by atoms with van der Waals surface area (Å²) in [6.45, 7) is 4.20. The molecule has 0 amide bonds. The van der Waals surface area contributed by atoms with Crippen LogP contribution < -0.4 is 5.32 Å². The number of hydrogen-bond donors (Lipinski definition) is 1. The smallest absolute Gasteiger partial charge is 0.147 e. The standard InChI is InChI=1S/C12H25NO2S/c1-12(7-4-3-5-8-12)11-13-9-6-10-16(2,14)15/h13H,3-11H2,1-2H3. The summed E-state index contributed by atoms with van der Waals surface area (Å²) in [5.41, 5.74) is 0.448. The number of nitrogens with one attached hydrogen (secondary N) is 1. The molecule has 0 heterocycles. The molecular weight excluding hydrogens is 222 g/mol. The van der Waals surface area contributed by atoms with Crippen LogP contribution in [0.3, 0.4) is 0 Å². The van der Waals surface area contributed by atoms with Crippen molar-refractivity contribution in [2.24, 2.45) is 5.41 Å². The molecule has 0 bridgehead atoms. The van der Waals surface area contributed by atoms with Crippen LogP contribution in [0, 0.1) is 5.41 Å². The van der Waals surface area contributed by atoms with E-state index in [0.717, 1.165) is 19.5 Å². The highest BCUT2D eigenvalue weighted by Gasteiger charge is 2.25. The van der Waals surface area contributed by atoms with Gasteiger partial charge in [0.25, 0.3) is 0 Å². The molecule has 0 aromatic rings. The first-order chi connectivity index (χ1) is 7.41. The van der Waals surface area contributed by atoms with Gasteiger partial charge in [-0.1, -0.05) is 26.2 Å². The van der Waals surface area contributed by atoms with Gasteiger partial charge in [0.15, 0.2) is 0 Å². The SMILES string of the molecule is CC1(CNCCCS(C)(=O)=O)CCCCC1. The van der Waals surface area contributed by atoms with Crippen molar-refractivity contribution in [3.8, 4) is 0 Å². The normalized spacial score (nSPS) is 20.9. The molecule has 0 aromatic heterocycles. The van der Waals surface area contributed by atoms with Gasteiger partial charge in [-0.3, -0.25) is 0 Å². The quantitative estimate of drug-likeness (QED) is 0.730. The molecule has 1 aliphatic carbocycles. The Bertz CT molecular complexity index is 292. The van der Waals surface area contributed by atoms with Crippen LogP contribution in [0.15, 0.2) is 0 Å². The first kappa shape index (κ1) is 14.0. The van der Waals surface area contributed by atoms with Gasteiger partial charge in [0.05, 0.1) is 5.75 Å². The van der Waals surface area contributed by atoms with Crippen molar-refractivity contribution in [1.29, 1.82) is 0 Å². The summed E-state index contributed by atoms with van der Waals surface area (Å²) in [6, 6.07) is 0. The second-order valence-corrected chi connectivity index (χ2v) is 7.79. The van der Waals surface area contributed by atoms with E-state index in [1.165, 1.54) is 38.4 Å². The predicted molar refractivity (Wildman–Crippen MR) is 68.4 cm³/mol. The molecule has 0 unspecified atom stereocenters. The fraction of sp³-hybridized carbons (Fsp3) is 1.00. The van der Waals surface area contributed by atoms with Crippen LogP contribution in [0.2, 0.25) is 0 Å². The summed E-state index contributed by atoms with van der Waals surface area (Å²) in [5.74, 6) is 0.302. The van der Waals surface area contributed by atoms with Gasteiger partial charge in [-0.15, -0.1) is 0 Å². The minimum Gasteiger partial charge on any atom is -0.316 e. The Balaban J connectivity index is 2.10. The van der Waals surface area contributed by atoms with Crippen LogP contribution >= 0.6 is 0 Å². The maximum atomic E-state index is 10.9. The number of rotatable bonds is 6. The Kier molecular flexibility index (Phi) is 5.25. The Morgan fingerprint density at radius 3 is 2.38 bits per heavy atom. The fourth-order valence-electron chi connectivity index (χ4n) is 2.43. The van der Waals surface area contributed by atoms with E-state index in [4.69, 9.17) is 0 Å². The molecular formula is C12H25NO2S. The lowest BCUT2D eigenvalue weighted by Gasteiger charge is -2.33. The van der Waals surface area contributed by atoms with Crippen LogP contribution in [-0.2, 0) is 9.84 Å². The largest absolute Gasteiger partial charge is 0.316 e. The topological polar surface area (TPSA) is 46.2 Å². The third-order valence-corrected chi connectivity index (χ3v) is 4.51. The lowest BCUT2D eigenvalue weighted by atomic mass is 9.76. The van der Waals surface area contributed by atoms with Gasteiger partial charge in [0.2, 0.25) is 0 Å². The lowest BCUT2D eigenvalue weighted by molar-refractivity contribution is 0.208. The van der Waals surface area contributed by atoms with Gasteiger partial charge in [-0.2, -0.15) is 0 Å². The van der Waals surface area contributed by atoms with Crippen LogP contribution in [0.1, 0.15) is 45.4 Å². The Morgan fingerprint density at radius 2 is 1.81 bits per heavy atom. The van der Waals surface area contributed by atoms with Crippen LogP contribution in [0.25, 0.3) is 0 Å². The molecule has 1 saturated carbocycles.